The number of methoxy groups -OCH3 is 1. The Kier molecular flexibility index (Phi) is 3.44. The van der Waals surface area contributed by atoms with E-state index in [2.05, 4.69) is 9.97 Å². The second-order valence-electron chi connectivity index (χ2n) is 2.41. The fourth-order valence-corrected chi connectivity index (χ4v) is 1.14. The predicted molar refractivity (Wildman–Crippen MR) is 47.1 cm³/mol. The van der Waals surface area contributed by atoms with Gasteiger partial charge in [0.2, 0.25) is 5.28 Å². The second kappa shape index (κ2) is 4.38. The highest BCUT2D eigenvalue weighted by atomic mass is 35.5. The maximum Gasteiger partial charge on any atom is 0.222 e. The summed E-state index contributed by atoms with van der Waals surface area (Å²) in [7, 11) is 1.63. The molecule has 3 nitrogen and oxygen atoms in total. The minimum absolute atomic E-state index is 0.293. The quantitative estimate of drug-likeness (QED) is 0.676. The van der Waals surface area contributed by atoms with Crippen molar-refractivity contribution in [1.29, 1.82) is 0 Å². The van der Waals surface area contributed by atoms with Crippen LogP contribution in [0.25, 0.3) is 0 Å². The third kappa shape index (κ3) is 2.43. The van der Waals surface area contributed by atoms with Crippen LogP contribution in [-0.4, -0.2) is 17.1 Å². The van der Waals surface area contributed by atoms with Crippen LogP contribution in [0.3, 0.4) is 0 Å². The van der Waals surface area contributed by atoms with Crippen molar-refractivity contribution in [2.75, 3.05) is 7.11 Å². The van der Waals surface area contributed by atoms with E-state index in [1.807, 2.05) is 13.0 Å². The summed E-state index contributed by atoms with van der Waals surface area (Å²) in [5, 5.41) is 0.293. The molecule has 0 saturated heterocycles. The number of ether oxygens (including phenoxy) is 1. The molecule has 66 valence electrons. The molecule has 0 spiro atoms. The molecule has 0 aliphatic heterocycles. The van der Waals surface area contributed by atoms with Crippen LogP contribution in [0.2, 0.25) is 5.28 Å². The van der Waals surface area contributed by atoms with Gasteiger partial charge in [0, 0.05) is 12.8 Å². The maximum absolute atomic E-state index is 5.69. The van der Waals surface area contributed by atoms with Crippen LogP contribution in [0, 0.1) is 0 Å². The molecule has 1 aromatic rings. The number of halogens is 1. The fraction of sp³-hybridized carbons (Fsp3) is 0.500. The first-order valence-electron chi connectivity index (χ1n) is 3.77. The summed E-state index contributed by atoms with van der Waals surface area (Å²) in [6, 6.07) is 1.90. The third-order valence-corrected chi connectivity index (χ3v) is 1.63. The topological polar surface area (TPSA) is 35.0 Å². The SMILES string of the molecule is CCc1cc(COC)nc(Cl)n1. The van der Waals surface area contributed by atoms with Crippen LogP contribution in [0.5, 0.6) is 0 Å². The minimum Gasteiger partial charge on any atom is -0.378 e. The molecule has 0 unspecified atom stereocenters. The van der Waals surface area contributed by atoms with Gasteiger partial charge in [0.1, 0.15) is 0 Å². The number of aromatic nitrogens is 2. The highest BCUT2D eigenvalue weighted by Gasteiger charge is 2.00. The normalized spacial score (nSPS) is 10.2. The Morgan fingerprint density at radius 1 is 1.42 bits per heavy atom. The fourth-order valence-electron chi connectivity index (χ4n) is 0.922. The van der Waals surface area contributed by atoms with E-state index >= 15 is 0 Å². The van der Waals surface area contributed by atoms with E-state index in [0.29, 0.717) is 11.9 Å². The van der Waals surface area contributed by atoms with E-state index in [4.69, 9.17) is 16.3 Å². The maximum atomic E-state index is 5.69. The number of nitrogens with zero attached hydrogens (tertiary/aromatic N) is 2. The van der Waals surface area contributed by atoms with Crippen molar-refractivity contribution in [2.24, 2.45) is 0 Å². The molecular formula is C8H11ClN2O. The lowest BCUT2D eigenvalue weighted by atomic mass is 10.3. The van der Waals surface area contributed by atoms with E-state index in [1.54, 1.807) is 7.11 Å². The van der Waals surface area contributed by atoms with Gasteiger partial charge in [0.15, 0.2) is 0 Å². The zero-order chi connectivity index (χ0) is 8.97. The van der Waals surface area contributed by atoms with Crippen molar-refractivity contribution in [2.45, 2.75) is 20.0 Å². The Morgan fingerprint density at radius 3 is 2.67 bits per heavy atom. The van der Waals surface area contributed by atoms with Crippen molar-refractivity contribution >= 4 is 11.6 Å². The Labute approximate surface area is 76.7 Å². The van der Waals surface area contributed by atoms with Crippen LogP contribution in [0.15, 0.2) is 6.07 Å². The zero-order valence-corrected chi connectivity index (χ0v) is 7.93. The molecule has 0 fully saturated rings. The van der Waals surface area contributed by atoms with Gasteiger partial charge in [-0.2, -0.15) is 0 Å². The van der Waals surface area contributed by atoms with Crippen LogP contribution < -0.4 is 0 Å². The summed E-state index contributed by atoms with van der Waals surface area (Å²) < 4.78 is 4.93. The van der Waals surface area contributed by atoms with Gasteiger partial charge >= 0.3 is 0 Å². The van der Waals surface area contributed by atoms with Gasteiger partial charge in [-0.15, -0.1) is 0 Å². The van der Waals surface area contributed by atoms with Gasteiger partial charge in [-0.25, -0.2) is 9.97 Å². The molecule has 0 aromatic carbocycles. The Morgan fingerprint density at radius 2 is 2.08 bits per heavy atom. The Hall–Kier alpha value is -0.670. The van der Waals surface area contributed by atoms with E-state index < -0.39 is 0 Å². The molecule has 0 bridgehead atoms. The summed E-state index contributed by atoms with van der Waals surface area (Å²) >= 11 is 5.69. The summed E-state index contributed by atoms with van der Waals surface area (Å²) in [6.07, 6.45) is 0.860. The first-order chi connectivity index (χ1) is 5.76. The summed E-state index contributed by atoms with van der Waals surface area (Å²) in [5.41, 5.74) is 1.77. The highest BCUT2D eigenvalue weighted by molar-refractivity contribution is 6.28. The minimum atomic E-state index is 0.293. The van der Waals surface area contributed by atoms with Gasteiger partial charge in [-0.1, -0.05) is 6.92 Å². The van der Waals surface area contributed by atoms with E-state index in [1.165, 1.54) is 0 Å². The largest absolute Gasteiger partial charge is 0.378 e. The molecule has 4 heteroatoms. The van der Waals surface area contributed by atoms with Gasteiger partial charge in [-0.3, -0.25) is 0 Å². The third-order valence-electron chi connectivity index (χ3n) is 1.46. The second-order valence-corrected chi connectivity index (χ2v) is 2.74. The molecule has 1 heterocycles. The van der Waals surface area contributed by atoms with Crippen molar-refractivity contribution < 1.29 is 4.74 Å². The van der Waals surface area contributed by atoms with Gasteiger partial charge in [-0.05, 0) is 24.1 Å². The lowest BCUT2D eigenvalue weighted by Crippen LogP contribution is -1.98. The number of rotatable bonds is 3. The van der Waals surface area contributed by atoms with E-state index in [0.717, 1.165) is 17.8 Å². The Bertz CT molecular complexity index is 265. The molecule has 0 aliphatic rings. The Balaban J connectivity index is 2.90. The van der Waals surface area contributed by atoms with Gasteiger partial charge < -0.3 is 4.74 Å². The smallest absolute Gasteiger partial charge is 0.222 e. The van der Waals surface area contributed by atoms with Crippen LogP contribution >= 0.6 is 11.6 Å². The molecule has 0 amide bonds. The molecule has 12 heavy (non-hydrogen) atoms. The average molecular weight is 187 g/mol. The standard InChI is InChI=1S/C8H11ClN2O/c1-3-6-4-7(5-12-2)11-8(9)10-6/h4H,3,5H2,1-2H3. The van der Waals surface area contributed by atoms with Crippen LogP contribution in [0.4, 0.5) is 0 Å². The molecule has 1 rings (SSSR count). The van der Waals surface area contributed by atoms with Crippen LogP contribution in [0.1, 0.15) is 18.3 Å². The molecule has 0 atom stereocenters. The lowest BCUT2D eigenvalue weighted by molar-refractivity contribution is 0.181. The number of aryl methyl sites for hydroxylation is 1. The molecule has 1 aromatic heterocycles. The molecule has 0 N–H and O–H groups in total. The van der Waals surface area contributed by atoms with Gasteiger partial charge in [0.05, 0.1) is 12.3 Å². The van der Waals surface area contributed by atoms with Crippen molar-refractivity contribution in [3.05, 3.63) is 22.7 Å². The molecular weight excluding hydrogens is 176 g/mol. The van der Waals surface area contributed by atoms with Crippen molar-refractivity contribution in [3.8, 4) is 0 Å². The first kappa shape index (κ1) is 9.42. The lowest BCUT2D eigenvalue weighted by Gasteiger charge is -2.01. The highest BCUT2D eigenvalue weighted by Crippen LogP contribution is 2.07. The molecule has 0 radical (unpaired) electrons. The van der Waals surface area contributed by atoms with E-state index in [9.17, 15) is 0 Å². The zero-order valence-electron chi connectivity index (χ0n) is 7.17. The summed E-state index contributed by atoms with van der Waals surface area (Å²) in [4.78, 5) is 8.03. The van der Waals surface area contributed by atoms with Gasteiger partial charge in [0.25, 0.3) is 0 Å². The first-order valence-corrected chi connectivity index (χ1v) is 4.15. The molecule has 0 saturated carbocycles. The average Bonchev–Trinajstić information content (AvgIpc) is 2.04. The predicted octanol–water partition coefficient (Wildman–Crippen LogP) is 1.84. The van der Waals surface area contributed by atoms with Crippen molar-refractivity contribution in [1.82, 2.24) is 9.97 Å². The molecule has 0 aliphatic carbocycles. The summed E-state index contributed by atoms with van der Waals surface area (Å²) in [6.45, 7) is 2.50. The van der Waals surface area contributed by atoms with Crippen LogP contribution in [-0.2, 0) is 17.8 Å². The van der Waals surface area contributed by atoms with E-state index in [-0.39, 0.29) is 0 Å². The number of hydrogen-bond acceptors (Lipinski definition) is 3. The number of hydrogen-bond donors (Lipinski definition) is 0. The summed E-state index contributed by atoms with van der Waals surface area (Å²) in [5.74, 6) is 0. The van der Waals surface area contributed by atoms with Crippen molar-refractivity contribution in [3.63, 3.8) is 0 Å². The monoisotopic (exact) mass is 186 g/mol.